The lowest BCUT2D eigenvalue weighted by molar-refractivity contribution is 0.101. The molecule has 0 bridgehead atoms. The topological polar surface area (TPSA) is 52.1 Å². The van der Waals surface area contributed by atoms with E-state index in [4.69, 9.17) is 14.7 Å². The Labute approximate surface area is 183 Å². The minimum atomic E-state index is 0.0210. The molecule has 5 heteroatoms. The van der Waals surface area contributed by atoms with E-state index in [0.29, 0.717) is 23.0 Å². The molecule has 150 valence electrons. The summed E-state index contributed by atoms with van der Waals surface area (Å²) in [5.41, 5.74) is 2.70. The fourth-order valence-electron chi connectivity index (χ4n) is 3.30. The largest absolute Gasteiger partial charge is 0.438 e. The van der Waals surface area contributed by atoms with Crippen LogP contribution in [0.4, 0.5) is 0 Å². The molecule has 0 unspecified atom stereocenters. The van der Waals surface area contributed by atoms with Gasteiger partial charge in [0.25, 0.3) is 0 Å². The molecule has 5 rings (SSSR count). The Bertz CT molecular complexity index is 1360. The van der Waals surface area contributed by atoms with Gasteiger partial charge in [-0.15, -0.1) is 11.3 Å². The Hall–Kier alpha value is -3.83. The molecule has 0 radical (unpaired) electrons. The number of aromatic nitrogens is 2. The number of thiophene rings is 1. The summed E-state index contributed by atoms with van der Waals surface area (Å²) in [4.78, 5) is 23.1. The molecule has 2 heterocycles. The second-order valence-corrected chi connectivity index (χ2v) is 8.13. The van der Waals surface area contributed by atoms with Gasteiger partial charge in [0, 0.05) is 16.0 Å². The zero-order valence-corrected chi connectivity index (χ0v) is 17.6. The van der Waals surface area contributed by atoms with Crippen LogP contribution in [-0.2, 0) is 0 Å². The van der Waals surface area contributed by atoms with E-state index in [1.165, 1.54) is 0 Å². The van der Waals surface area contributed by atoms with Crippen molar-refractivity contribution in [2.24, 2.45) is 0 Å². The van der Waals surface area contributed by atoms with E-state index < -0.39 is 0 Å². The Morgan fingerprint density at radius 3 is 2.10 bits per heavy atom. The third-order valence-electron chi connectivity index (χ3n) is 4.92. The lowest BCUT2D eigenvalue weighted by atomic mass is 10.1. The van der Waals surface area contributed by atoms with E-state index in [-0.39, 0.29) is 5.78 Å². The molecule has 0 saturated carbocycles. The number of nitrogens with zero attached hydrogens (tertiary/aromatic N) is 2. The smallest absolute Gasteiger partial charge is 0.231 e. The van der Waals surface area contributed by atoms with Crippen molar-refractivity contribution in [2.45, 2.75) is 6.92 Å². The quantitative estimate of drug-likeness (QED) is 0.286. The molecule has 0 saturated heterocycles. The number of fused-ring (bicyclic) bond motifs is 1. The standard InChI is InChI=1S/C26H18N2O2S/c1-17(29)18-12-14-21(15-13-18)30-25-22-16-23(19-8-4-2-5-9-19)31-26(22)28-24(27-25)20-10-6-3-7-11-20/h2-16H,1H3. The molecule has 31 heavy (non-hydrogen) atoms. The maximum absolute atomic E-state index is 11.6. The van der Waals surface area contributed by atoms with Crippen LogP contribution in [0.5, 0.6) is 11.6 Å². The van der Waals surface area contributed by atoms with Crippen LogP contribution in [0.1, 0.15) is 17.3 Å². The molecule has 3 aromatic carbocycles. The van der Waals surface area contributed by atoms with E-state index in [9.17, 15) is 4.79 Å². The molecule has 4 nitrogen and oxygen atoms in total. The number of carbonyl (C=O) groups excluding carboxylic acids is 1. The zero-order valence-electron chi connectivity index (χ0n) is 16.8. The van der Waals surface area contributed by atoms with Gasteiger partial charge in [-0.25, -0.2) is 4.98 Å². The summed E-state index contributed by atoms with van der Waals surface area (Å²) in [6.07, 6.45) is 0. The number of Topliss-reactive ketones (excluding diaryl/α,β-unsaturated/α-hetero) is 1. The van der Waals surface area contributed by atoms with Gasteiger partial charge in [-0.1, -0.05) is 60.7 Å². The lowest BCUT2D eigenvalue weighted by Crippen LogP contribution is -1.95. The van der Waals surface area contributed by atoms with Gasteiger partial charge in [0.2, 0.25) is 5.88 Å². The SMILES string of the molecule is CC(=O)c1ccc(Oc2nc(-c3ccccc3)nc3sc(-c4ccccc4)cc23)cc1. The fraction of sp³-hybridized carbons (Fsp3) is 0.0385. The van der Waals surface area contributed by atoms with E-state index in [0.717, 1.165) is 26.2 Å². The van der Waals surface area contributed by atoms with Crippen LogP contribution in [0, 0.1) is 0 Å². The highest BCUT2D eigenvalue weighted by Crippen LogP contribution is 2.38. The number of carbonyl (C=O) groups is 1. The van der Waals surface area contributed by atoms with E-state index in [1.807, 2.05) is 48.5 Å². The van der Waals surface area contributed by atoms with Crippen molar-refractivity contribution in [1.82, 2.24) is 9.97 Å². The van der Waals surface area contributed by atoms with Gasteiger partial charge >= 0.3 is 0 Å². The number of hydrogen-bond acceptors (Lipinski definition) is 5. The minimum absolute atomic E-state index is 0.0210. The van der Waals surface area contributed by atoms with Crippen LogP contribution in [0.2, 0.25) is 0 Å². The van der Waals surface area contributed by atoms with Crippen LogP contribution >= 0.6 is 11.3 Å². The van der Waals surface area contributed by atoms with E-state index in [1.54, 1.807) is 42.5 Å². The van der Waals surface area contributed by atoms with E-state index >= 15 is 0 Å². The van der Waals surface area contributed by atoms with E-state index in [2.05, 4.69) is 18.2 Å². The average Bonchev–Trinajstić information content (AvgIpc) is 3.25. The molecule has 2 aromatic heterocycles. The normalized spacial score (nSPS) is 10.9. The molecular weight excluding hydrogens is 404 g/mol. The summed E-state index contributed by atoms with van der Waals surface area (Å²) in [7, 11) is 0. The highest BCUT2D eigenvalue weighted by atomic mass is 32.1. The summed E-state index contributed by atoms with van der Waals surface area (Å²) in [5.74, 6) is 1.76. The second kappa shape index (κ2) is 8.13. The summed E-state index contributed by atoms with van der Waals surface area (Å²) >= 11 is 1.61. The molecular formula is C26H18N2O2S. The Morgan fingerprint density at radius 2 is 1.45 bits per heavy atom. The van der Waals surface area contributed by atoms with Crippen LogP contribution in [0.25, 0.3) is 32.0 Å². The first-order chi connectivity index (χ1) is 15.2. The maximum atomic E-state index is 11.6. The summed E-state index contributed by atoms with van der Waals surface area (Å²) in [6, 6.07) is 29.3. The van der Waals surface area contributed by atoms with Crippen molar-refractivity contribution in [3.8, 4) is 33.5 Å². The van der Waals surface area contributed by atoms with Crippen molar-refractivity contribution >= 4 is 27.3 Å². The number of rotatable bonds is 5. The molecule has 0 N–H and O–H groups in total. The minimum Gasteiger partial charge on any atom is -0.438 e. The molecule has 0 atom stereocenters. The Kier molecular flexibility index (Phi) is 5.02. The van der Waals surface area contributed by atoms with Gasteiger partial charge in [-0.3, -0.25) is 4.79 Å². The summed E-state index contributed by atoms with van der Waals surface area (Å²) in [6.45, 7) is 1.55. The molecule has 0 spiro atoms. The Morgan fingerprint density at radius 1 is 0.806 bits per heavy atom. The predicted molar refractivity (Wildman–Crippen MR) is 125 cm³/mol. The van der Waals surface area contributed by atoms with Gasteiger partial charge in [0.05, 0.1) is 5.39 Å². The summed E-state index contributed by atoms with van der Waals surface area (Å²) in [5, 5.41) is 0.860. The van der Waals surface area contributed by atoms with Crippen molar-refractivity contribution < 1.29 is 9.53 Å². The van der Waals surface area contributed by atoms with Gasteiger partial charge in [0.1, 0.15) is 10.6 Å². The molecule has 5 aromatic rings. The van der Waals surface area contributed by atoms with Gasteiger partial charge in [-0.2, -0.15) is 4.98 Å². The molecule has 0 aliphatic heterocycles. The second-order valence-electron chi connectivity index (χ2n) is 7.10. The average molecular weight is 423 g/mol. The van der Waals surface area contributed by atoms with Crippen molar-refractivity contribution in [3.05, 3.63) is 96.6 Å². The lowest BCUT2D eigenvalue weighted by Gasteiger charge is -2.08. The predicted octanol–water partition coefficient (Wildman–Crippen LogP) is 7.02. The first-order valence-electron chi connectivity index (χ1n) is 9.89. The Balaban J connectivity index is 1.63. The third kappa shape index (κ3) is 3.96. The first-order valence-corrected chi connectivity index (χ1v) is 10.7. The van der Waals surface area contributed by atoms with Gasteiger partial charge in [0.15, 0.2) is 11.6 Å². The van der Waals surface area contributed by atoms with Crippen molar-refractivity contribution in [3.63, 3.8) is 0 Å². The fourth-order valence-corrected chi connectivity index (χ4v) is 4.33. The van der Waals surface area contributed by atoms with Crippen molar-refractivity contribution in [2.75, 3.05) is 0 Å². The van der Waals surface area contributed by atoms with Crippen LogP contribution in [0.3, 0.4) is 0 Å². The third-order valence-corrected chi connectivity index (χ3v) is 6.00. The number of ether oxygens (including phenoxy) is 1. The van der Waals surface area contributed by atoms with Gasteiger partial charge in [-0.05, 0) is 42.8 Å². The number of benzene rings is 3. The highest BCUT2D eigenvalue weighted by molar-refractivity contribution is 7.21. The molecule has 0 amide bonds. The summed E-state index contributed by atoms with van der Waals surface area (Å²) < 4.78 is 6.18. The first kappa shape index (κ1) is 19.2. The zero-order chi connectivity index (χ0) is 21.2. The molecule has 0 aliphatic rings. The number of ketones is 1. The molecule has 0 fully saturated rings. The highest BCUT2D eigenvalue weighted by Gasteiger charge is 2.16. The number of hydrogen-bond donors (Lipinski definition) is 0. The van der Waals surface area contributed by atoms with Crippen molar-refractivity contribution in [1.29, 1.82) is 0 Å². The monoisotopic (exact) mass is 422 g/mol. The van der Waals surface area contributed by atoms with Crippen LogP contribution in [-0.4, -0.2) is 15.8 Å². The maximum Gasteiger partial charge on any atom is 0.231 e. The van der Waals surface area contributed by atoms with Crippen LogP contribution < -0.4 is 4.74 Å². The van der Waals surface area contributed by atoms with Crippen LogP contribution in [0.15, 0.2) is 91.0 Å². The van der Waals surface area contributed by atoms with Gasteiger partial charge < -0.3 is 4.74 Å². The molecule has 0 aliphatic carbocycles.